The van der Waals surface area contributed by atoms with Crippen molar-refractivity contribution in [2.24, 2.45) is 0 Å². The Bertz CT molecular complexity index is 1150. The third-order valence-electron chi connectivity index (χ3n) is 3.70. The topological polar surface area (TPSA) is 81.3 Å². The molecule has 7 nitrogen and oxygen atoms in total. The first kappa shape index (κ1) is 16.5. The first-order valence-electron chi connectivity index (χ1n) is 7.65. The van der Waals surface area contributed by atoms with Gasteiger partial charge >= 0.3 is 0 Å². The third-order valence-corrected chi connectivity index (χ3v) is 4.93. The number of carbonyl (C=O) groups is 1. The molecule has 4 aromatic rings. The van der Waals surface area contributed by atoms with E-state index in [1.807, 2.05) is 17.5 Å². The van der Waals surface area contributed by atoms with Crippen molar-refractivity contribution in [1.82, 2.24) is 19.4 Å². The van der Waals surface area contributed by atoms with E-state index in [2.05, 4.69) is 15.5 Å². The Balaban J connectivity index is 1.61. The average molecular weight is 386 g/mol. The van der Waals surface area contributed by atoms with Gasteiger partial charge in [0, 0.05) is 0 Å². The van der Waals surface area contributed by atoms with Crippen molar-refractivity contribution >= 4 is 40.0 Å². The van der Waals surface area contributed by atoms with Crippen LogP contribution in [0.15, 0.2) is 59.0 Å². The van der Waals surface area contributed by atoms with Crippen molar-refractivity contribution in [1.29, 1.82) is 0 Å². The van der Waals surface area contributed by atoms with E-state index in [1.165, 1.54) is 22.2 Å². The highest BCUT2D eigenvalue weighted by atomic mass is 35.5. The molecule has 0 bridgehead atoms. The molecule has 0 atom stereocenters. The number of anilines is 1. The second-order valence-electron chi connectivity index (χ2n) is 5.46. The molecular weight excluding hydrogens is 374 g/mol. The molecule has 1 aromatic carbocycles. The summed E-state index contributed by atoms with van der Waals surface area (Å²) < 4.78 is 2.52. The standard InChI is InChI=1S/C17H12ClN5O2S/c18-11-4-1-2-5-12(11)20-16(24)9-22-17(25)14-8-13(15-6-3-7-26-15)21-23(14)10-19-22/h1-8,10H,9H2,(H,20,24). The van der Waals surface area contributed by atoms with Crippen molar-refractivity contribution < 1.29 is 4.79 Å². The number of nitrogens with one attached hydrogen (secondary N) is 1. The van der Waals surface area contributed by atoms with E-state index in [0.29, 0.717) is 21.9 Å². The summed E-state index contributed by atoms with van der Waals surface area (Å²) in [6, 6.07) is 12.4. The summed E-state index contributed by atoms with van der Waals surface area (Å²) in [6.07, 6.45) is 1.41. The van der Waals surface area contributed by atoms with Crippen LogP contribution in [0.5, 0.6) is 0 Å². The Morgan fingerprint density at radius 2 is 2.08 bits per heavy atom. The minimum Gasteiger partial charge on any atom is -0.323 e. The summed E-state index contributed by atoms with van der Waals surface area (Å²) >= 11 is 7.56. The lowest BCUT2D eigenvalue weighted by molar-refractivity contribution is -0.117. The molecule has 130 valence electrons. The van der Waals surface area contributed by atoms with Crippen LogP contribution >= 0.6 is 22.9 Å². The van der Waals surface area contributed by atoms with Crippen LogP contribution in [0.1, 0.15) is 0 Å². The number of hydrogen-bond donors (Lipinski definition) is 1. The van der Waals surface area contributed by atoms with Crippen LogP contribution in [0, 0.1) is 0 Å². The quantitative estimate of drug-likeness (QED) is 0.585. The number of carbonyl (C=O) groups excluding carboxylic acids is 1. The first-order chi connectivity index (χ1) is 12.6. The number of para-hydroxylation sites is 1. The summed E-state index contributed by atoms with van der Waals surface area (Å²) in [5.74, 6) is -0.393. The minimum absolute atomic E-state index is 0.222. The first-order valence-corrected chi connectivity index (χ1v) is 8.91. The monoisotopic (exact) mass is 385 g/mol. The van der Waals surface area contributed by atoms with E-state index >= 15 is 0 Å². The zero-order valence-electron chi connectivity index (χ0n) is 13.3. The van der Waals surface area contributed by atoms with Gasteiger partial charge in [-0.25, -0.2) is 9.20 Å². The number of hydrogen-bond acceptors (Lipinski definition) is 5. The molecule has 0 unspecified atom stereocenters. The number of amides is 1. The Labute approximate surface area is 156 Å². The summed E-state index contributed by atoms with van der Waals surface area (Å²) in [7, 11) is 0. The van der Waals surface area contributed by atoms with E-state index in [9.17, 15) is 9.59 Å². The molecule has 3 heterocycles. The predicted molar refractivity (Wildman–Crippen MR) is 101 cm³/mol. The summed E-state index contributed by atoms with van der Waals surface area (Å²) in [5.41, 5.74) is 1.14. The van der Waals surface area contributed by atoms with Gasteiger partial charge in [-0.2, -0.15) is 10.2 Å². The molecule has 26 heavy (non-hydrogen) atoms. The van der Waals surface area contributed by atoms with Gasteiger partial charge in [-0.05, 0) is 29.6 Å². The van der Waals surface area contributed by atoms with Gasteiger partial charge < -0.3 is 5.32 Å². The number of thiophene rings is 1. The van der Waals surface area contributed by atoms with Gasteiger partial charge in [0.1, 0.15) is 24.1 Å². The highest BCUT2D eigenvalue weighted by molar-refractivity contribution is 7.13. The fourth-order valence-corrected chi connectivity index (χ4v) is 3.35. The van der Waals surface area contributed by atoms with Gasteiger partial charge in [-0.3, -0.25) is 9.59 Å². The molecule has 9 heteroatoms. The molecule has 0 saturated heterocycles. The lowest BCUT2D eigenvalue weighted by Crippen LogP contribution is -2.30. The number of benzene rings is 1. The van der Waals surface area contributed by atoms with Crippen LogP contribution in [0.25, 0.3) is 16.1 Å². The van der Waals surface area contributed by atoms with E-state index in [-0.39, 0.29) is 6.54 Å². The fourth-order valence-electron chi connectivity index (χ4n) is 2.48. The van der Waals surface area contributed by atoms with E-state index in [1.54, 1.807) is 30.3 Å². The maximum Gasteiger partial charge on any atom is 0.293 e. The average Bonchev–Trinajstić information content (AvgIpc) is 3.29. The maximum absolute atomic E-state index is 12.6. The summed E-state index contributed by atoms with van der Waals surface area (Å²) in [4.78, 5) is 25.8. The second-order valence-corrected chi connectivity index (χ2v) is 6.81. The lowest BCUT2D eigenvalue weighted by Gasteiger charge is -2.08. The normalized spacial score (nSPS) is 11.0. The number of aromatic nitrogens is 4. The van der Waals surface area contributed by atoms with Crippen LogP contribution in [0.2, 0.25) is 5.02 Å². The van der Waals surface area contributed by atoms with Crippen LogP contribution < -0.4 is 10.9 Å². The highest BCUT2D eigenvalue weighted by Gasteiger charge is 2.13. The smallest absolute Gasteiger partial charge is 0.293 e. The third kappa shape index (κ3) is 3.12. The molecular formula is C17H12ClN5O2S. The van der Waals surface area contributed by atoms with Crippen molar-refractivity contribution in [3.63, 3.8) is 0 Å². The van der Waals surface area contributed by atoms with E-state index in [0.717, 1.165) is 9.56 Å². The van der Waals surface area contributed by atoms with Crippen molar-refractivity contribution in [3.05, 3.63) is 69.5 Å². The predicted octanol–water partition coefficient (Wildman–Crippen LogP) is 2.91. The molecule has 0 saturated carbocycles. The summed E-state index contributed by atoms with van der Waals surface area (Å²) in [6.45, 7) is -0.222. The van der Waals surface area contributed by atoms with Crippen molar-refractivity contribution in [2.75, 3.05) is 5.32 Å². The van der Waals surface area contributed by atoms with Gasteiger partial charge in [0.2, 0.25) is 5.91 Å². The molecule has 0 fully saturated rings. The zero-order valence-corrected chi connectivity index (χ0v) is 14.9. The second kappa shape index (κ2) is 6.74. The molecule has 0 radical (unpaired) electrons. The SMILES string of the molecule is O=C(Cn1ncn2nc(-c3cccs3)cc2c1=O)Nc1ccccc1Cl. The number of rotatable bonds is 4. The van der Waals surface area contributed by atoms with Crippen molar-refractivity contribution in [2.45, 2.75) is 6.54 Å². The molecule has 0 aliphatic rings. The van der Waals surface area contributed by atoms with Crippen molar-refractivity contribution in [3.8, 4) is 10.6 Å². The van der Waals surface area contributed by atoms with Gasteiger partial charge in [0.25, 0.3) is 5.56 Å². The Morgan fingerprint density at radius 3 is 2.85 bits per heavy atom. The van der Waals surface area contributed by atoms with Gasteiger partial charge in [-0.1, -0.05) is 29.8 Å². The highest BCUT2D eigenvalue weighted by Crippen LogP contribution is 2.23. The Hall–Kier alpha value is -2.97. The van der Waals surface area contributed by atoms with E-state index in [4.69, 9.17) is 11.6 Å². The van der Waals surface area contributed by atoms with Crippen LogP contribution in [0.4, 0.5) is 5.69 Å². The number of fused-ring (bicyclic) bond motifs is 1. The molecule has 0 spiro atoms. The van der Waals surface area contributed by atoms with Gasteiger partial charge in [0.05, 0.1) is 15.6 Å². The molecule has 1 N–H and O–H groups in total. The maximum atomic E-state index is 12.6. The molecule has 4 rings (SSSR count). The largest absolute Gasteiger partial charge is 0.323 e. The van der Waals surface area contributed by atoms with Gasteiger partial charge in [0.15, 0.2) is 0 Å². The minimum atomic E-state index is -0.393. The fraction of sp³-hybridized carbons (Fsp3) is 0.0588. The van der Waals surface area contributed by atoms with Gasteiger partial charge in [-0.15, -0.1) is 11.3 Å². The molecule has 0 aliphatic carbocycles. The van der Waals surface area contributed by atoms with Crippen LogP contribution in [-0.4, -0.2) is 25.3 Å². The Kier molecular flexibility index (Phi) is 4.27. The van der Waals surface area contributed by atoms with Crippen LogP contribution in [-0.2, 0) is 11.3 Å². The number of halogens is 1. The summed E-state index contributed by atoms with van der Waals surface area (Å²) in [5, 5.41) is 13.4. The Morgan fingerprint density at radius 1 is 1.23 bits per heavy atom. The van der Waals surface area contributed by atoms with E-state index < -0.39 is 11.5 Å². The molecule has 0 aliphatic heterocycles. The molecule has 3 aromatic heterocycles. The van der Waals surface area contributed by atoms with Crippen LogP contribution in [0.3, 0.4) is 0 Å². The zero-order chi connectivity index (χ0) is 18.1. The molecule has 1 amide bonds. The number of nitrogens with zero attached hydrogens (tertiary/aromatic N) is 4. The lowest BCUT2D eigenvalue weighted by atomic mass is 10.3.